The van der Waals surface area contributed by atoms with E-state index in [2.05, 4.69) is 10.6 Å². The monoisotopic (exact) mass is 271 g/mol. The van der Waals surface area contributed by atoms with Crippen molar-refractivity contribution in [3.05, 3.63) is 0 Å². The molecule has 1 unspecified atom stereocenters. The lowest BCUT2D eigenvalue weighted by atomic mass is 10.0. The summed E-state index contributed by atoms with van der Waals surface area (Å²) in [7, 11) is 1.80. The first kappa shape index (κ1) is 15.9. The zero-order chi connectivity index (χ0) is 14.3. The van der Waals surface area contributed by atoms with Gasteiger partial charge < -0.3 is 20.3 Å². The predicted octanol–water partition coefficient (Wildman–Crippen LogP) is -0.404. The largest absolute Gasteiger partial charge is 0.378 e. The summed E-state index contributed by atoms with van der Waals surface area (Å²) in [6.07, 6.45) is 0.385. The number of amides is 2. The molecule has 0 bridgehead atoms. The Morgan fingerprint density at radius 2 is 1.89 bits per heavy atom. The van der Waals surface area contributed by atoms with Crippen molar-refractivity contribution in [3.8, 4) is 0 Å². The number of nitrogens with one attached hydrogen (secondary N) is 2. The van der Waals surface area contributed by atoms with Crippen molar-refractivity contribution in [2.24, 2.45) is 5.92 Å². The molecular weight excluding hydrogens is 246 g/mol. The number of morpholine rings is 1. The molecule has 1 saturated heterocycles. The number of hydrogen-bond acceptors (Lipinski definition) is 4. The molecule has 0 aromatic rings. The SMILES string of the molecule is CNCCC(=O)NC(C(=O)N1CCOCC1)C(C)C. The highest BCUT2D eigenvalue weighted by atomic mass is 16.5. The minimum absolute atomic E-state index is 0.00360. The van der Waals surface area contributed by atoms with Gasteiger partial charge in [-0.15, -0.1) is 0 Å². The summed E-state index contributed by atoms with van der Waals surface area (Å²) in [5, 5.41) is 5.76. The third kappa shape index (κ3) is 5.16. The van der Waals surface area contributed by atoms with Crippen molar-refractivity contribution >= 4 is 11.8 Å². The number of ether oxygens (including phenoxy) is 1. The number of nitrogens with zero attached hydrogens (tertiary/aromatic N) is 1. The van der Waals surface area contributed by atoms with E-state index < -0.39 is 6.04 Å². The summed E-state index contributed by atoms with van der Waals surface area (Å²) < 4.78 is 5.23. The summed E-state index contributed by atoms with van der Waals surface area (Å²) in [5.74, 6) is -0.0142. The molecule has 1 heterocycles. The van der Waals surface area contributed by atoms with Gasteiger partial charge in [0.1, 0.15) is 6.04 Å². The maximum atomic E-state index is 12.4. The van der Waals surface area contributed by atoms with Crippen LogP contribution in [-0.4, -0.2) is 62.7 Å². The van der Waals surface area contributed by atoms with E-state index in [1.54, 1.807) is 11.9 Å². The number of carbonyl (C=O) groups is 2. The maximum absolute atomic E-state index is 12.4. The second-order valence-corrected chi connectivity index (χ2v) is 5.08. The molecule has 0 saturated carbocycles. The molecule has 6 heteroatoms. The zero-order valence-electron chi connectivity index (χ0n) is 12.1. The van der Waals surface area contributed by atoms with Gasteiger partial charge in [0.25, 0.3) is 0 Å². The molecule has 2 amide bonds. The number of hydrogen-bond donors (Lipinski definition) is 2. The average Bonchev–Trinajstić information content (AvgIpc) is 2.42. The van der Waals surface area contributed by atoms with Crippen molar-refractivity contribution in [1.29, 1.82) is 0 Å². The van der Waals surface area contributed by atoms with Crippen LogP contribution in [0.4, 0.5) is 0 Å². The van der Waals surface area contributed by atoms with Crippen LogP contribution in [0, 0.1) is 5.92 Å². The minimum Gasteiger partial charge on any atom is -0.378 e. The highest BCUT2D eigenvalue weighted by molar-refractivity contribution is 5.88. The molecule has 1 rings (SSSR count). The second-order valence-electron chi connectivity index (χ2n) is 5.08. The van der Waals surface area contributed by atoms with Crippen LogP contribution in [-0.2, 0) is 14.3 Å². The third-order valence-electron chi connectivity index (χ3n) is 3.17. The summed E-state index contributed by atoms with van der Waals surface area (Å²) in [6, 6.07) is -0.442. The van der Waals surface area contributed by atoms with E-state index in [0.29, 0.717) is 39.3 Å². The van der Waals surface area contributed by atoms with Crippen molar-refractivity contribution in [2.45, 2.75) is 26.3 Å². The molecule has 6 nitrogen and oxygen atoms in total. The quantitative estimate of drug-likeness (QED) is 0.689. The Morgan fingerprint density at radius 3 is 2.42 bits per heavy atom. The number of carbonyl (C=O) groups excluding carboxylic acids is 2. The summed E-state index contributed by atoms with van der Waals surface area (Å²) in [4.78, 5) is 25.9. The Hall–Kier alpha value is -1.14. The van der Waals surface area contributed by atoms with E-state index in [-0.39, 0.29) is 17.7 Å². The average molecular weight is 271 g/mol. The highest BCUT2D eigenvalue weighted by Gasteiger charge is 2.29. The first-order valence-electron chi connectivity index (χ1n) is 6.86. The Bertz CT molecular complexity index is 302. The van der Waals surface area contributed by atoms with Gasteiger partial charge in [-0.3, -0.25) is 9.59 Å². The van der Waals surface area contributed by atoms with Crippen LogP contribution < -0.4 is 10.6 Å². The summed E-state index contributed by atoms with van der Waals surface area (Å²) >= 11 is 0. The third-order valence-corrected chi connectivity index (χ3v) is 3.17. The number of rotatable bonds is 6. The first-order valence-corrected chi connectivity index (χ1v) is 6.86. The van der Waals surface area contributed by atoms with Gasteiger partial charge in [-0.1, -0.05) is 13.8 Å². The fraction of sp³-hybridized carbons (Fsp3) is 0.846. The fourth-order valence-electron chi connectivity index (χ4n) is 1.98. The van der Waals surface area contributed by atoms with Crippen molar-refractivity contribution in [3.63, 3.8) is 0 Å². The molecule has 1 aliphatic rings. The molecule has 1 atom stereocenters. The molecule has 0 aromatic heterocycles. The van der Waals surface area contributed by atoms with Gasteiger partial charge in [-0.2, -0.15) is 0 Å². The summed E-state index contributed by atoms with van der Waals surface area (Å²) in [6.45, 7) is 6.86. The Labute approximate surface area is 114 Å². The van der Waals surface area contributed by atoms with Crippen LogP contribution in [0.3, 0.4) is 0 Å². The molecule has 0 radical (unpaired) electrons. The molecule has 0 aromatic carbocycles. The fourth-order valence-corrected chi connectivity index (χ4v) is 1.98. The van der Waals surface area contributed by atoms with Gasteiger partial charge in [0.2, 0.25) is 11.8 Å². The second kappa shape index (κ2) is 8.12. The topological polar surface area (TPSA) is 70.7 Å². The van der Waals surface area contributed by atoms with E-state index in [1.165, 1.54) is 0 Å². The molecule has 0 spiro atoms. The molecule has 19 heavy (non-hydrogen) atoms. The van der Waals surface area contributed by atoms with Crippen LogP contribution >= 0.6 is 0 Å². The zero-order valence-corrected chi connectivity index (χ0v) is 12.1. The van der Waals surface area contributed by atoms with Gasteiger partial charge in [-0.05, 0) is 13.0 Å². The van der Waals surface area contributed by atoms with E-state index >= 15 is 0 Å². The Balaban J connectivity index is 2.55. The molecule has 1 fully saturated rings. The van der Waals surface area contributed by atoms with Gasteiger partial charge in [0, 0.05) is 26.1 Å². The summed E-state index contributed by atoms with van der Waals surface area (Å²) in [5.41, 5.74) is 0. The van der Waals surface area contributed by atoms with Gasteiger partial charge in [0.05, 0.1) is 13.2 Å². The van der Waals surface area contributed by atoms with Crippen molar-refractivity contribution in [1.82, 2.24) is 15.5 Å². The van der Waals surface area contributed by atoms with Crippen LogP contribution in [0.1, 0.15) is 20.3 Å². The minimum atomic E-state index is -0.442. The van der Waals surface area contributed by atoms with E-state index in [4.69, 9.17) is 4.74 Å². The van der Waals surface area contributed by atoms with Gasteiger partial charge in [-0.25, -0.2) is 0 Å². The van der Waals surface area contributed by atoms with Crippen LogP contribution in [0.25, 0.3) is 0 Å². The lowest BCUT2D eigenvalue weighted by molar-refractivity contribution is -0.141. The maximum Gasteiger partial charge on any atom is 0.245 e. The Morgan fingerprint density at radius 1 is 1.26 bits per heavy atom. The lowest BCUT2D eigenvalue weighted by Crippen LogP contribution is -2.54. The van der Waals surface area contributed by atoms with E-state index in [0.717, 1.165) is 0 Å². The Kier molecular flexibility index (Phi) is 6.80. The van der Waals surface area contributed by atoms with E-state index in [1.807, 2.05) is 13.8 Å². The molecule has 2 N–H and O–H groups in total. The van der Waals surface area contributed by atoms with Gasteiger partial charge >= 0.3 is 0 Å². The molecule has 0 aliphatic carbocycles. The molecule has 110 valence electrons. The smallest absolute Gasteiger partial charge is 0.245 e. The van der Waals surface area contributed by atoms with E-state index in [9.17, 15) is 9.59 Å². The molecule has 1 aliphatic heterocycles. The normalized spacial score (nSPS) is 17.4. The standard InChI is InChI=1S/C13H25N3O3/c1-10(2)12(15-11(17)4-5-14-3)13(18)16-6-8-19-9-7-16/h10,12,14H,4-9H2,1-3H3,(H,15,17). The van der Waals surface area contributed by atoms with Gasteiger partial charge in [0.15, 0.2) is 0 Å². The van der Waals surface area contributed by atoms with Crippen molar-refractivity contribution in [2.75, 3.05) is 39.9 Å². The first-order chi connectivity index (χ1) is 9.06. The van der Waals surface area contributed by atoms with Crippen LogP contribution in [0.15, 0.2) is 0 Å². The van der Waals surface area contributed by atoms with Crippen LogP contribution in [0.5, 0.6) is 0 Å². The lowest BCUT2D eigenvalue weighted by Gasteiger charge is -2.32. The highest BCUT2D eigenvalue weighted by Crippen LogP contribution is 2.08. The predicted molar refractivity (Wildman–Crippen MR) is 72.7 cm³/mol. The molecular formula is C13H25N3O3. The van der Waals surface area contributed by atoms with Crippen molar-refractivity contribution < 1.29 is 14.3 Å². The van der Waals surface area contributed by atoms with Crippen LogP contribution in [0.2, 0.25) is 0 Å².